The fourth-order valence-electron chi connectivity index (χ4n) is 1.57. The molecule has 0 saturated carbocycles. The zero-order chi connectivity index (χ0) is 10.8. The maximum atomic E-state index is 5.36. The summed E-state index contributed by atoms with van der Waals surface area (Å²) in [4.78, 5) is 0. The van der Waals surface area contributed by atoms with Crippen LogP contribution in [0.1, 0.15) is 6.42 Å². The first kappa shape index (κ1) is 12.7. The van der Waals surface area contributed by atoms with Crippen molar-refractivity contribution < 1.29 is 9.47 Å². The van der Waals surface area contributed by atoms with Crippen molar-refractivity contribution in [1.82, 2.24) is 0 Å². The van der Waals surface area contributed by atoms with E-state index in [0.717, 1.165) is 28.2 Å². The summed E-state index contributed by atoms with van der Waals surface area (Å²) in [6, 6.07) is 0. The second-order valence-electron chi connectivity index (χ2n) is 4.31. The van der Waals surface area contributed by atoms with E-state index >= 15 is 0 Å². The van der Waals surface area contributed by atoms with Gasteiger partial charge in [0.15, 0.2) is 0 Å². The van der Waals surface area contributed by atoms with Gasteiger partial charge in [-0.3, -0.25) is 0 Å². The van der Waals surface area contributed by atoms with Crippen LogP contribution < -0.4 is 0 Å². The summed E-state index contributed by atoms with van der Waals surface area (Å²) < 4.78 is 12.3. The van der Waals surface area contributed by atoms with Gasteiger partial charge in [-0.25, -0.2) is 0 Å². The monoisotopic (exact) mass is 394 g/mol. The summed E-state index contributed by atoms with van der Waals surface area (Å²) in [6.07, 6.45) is 2.74. The van der Waals surface area contributed by atoms with Crippen LogP contribution in [0.2, 0.25) is 14.9 Å². The summed E-state index contributed by atoms with van der Waals surface area (Å²) in [5, 5.41) is 3.10. The molecule has 0 amide bonds. The third-order valence-electron chi connectivity index (χ3n) is 2.75. The predicted octanol–water partition coefficient (Wildman–Crippen LogP) is 2.18. The summed E-state index contributed by atoms with van der Waals surface area (Å²) in [7, 11) is 3.46. The average Bonchev–Trinajstić information content (AvgIpc) is 3.18. The van der Waals surface area contributed by atoms with Gasteiger partial charge in [0.2, 0.25) is 0 Å². The Hall–Kier alpha value is 1.66. The van der Waals surface area contributed by atoms with Crippen LogP contribution in [0.4, 0.5) is 0 Å². The molecule has 0 N–H and O–H groups in total. The molecule has 0 aliphatic carbocycles. The molecule has 6 heteroatoms. The van der Waals surface area contributed by atoms with Crippen LogP contribution in [0.3, 0.4) is 0 Å². The number of hydrogen-bond acceptors (Lipinski definition) is 4. The molecule has 3 aliphatic rings. The van der Waals surface area contributed by atoms with Gasteiger partial charge >= 0.3 is 114 Å². The average molecular weight is 392 g/mol. The molecule has 0 aromatic carbocycles. The zero-order valence-electron chi connectivity index (χ0n) is 9.26. The van der Waals surface area contributed by atoms with Gasteiger partial charge in [-0.1, -0.05) is 0 Å². The van der Waals surface area contributed by atoms with Crippen molar-refractivity contribution in [3.05, 3.63) is 0 Å². The van der Waals surface area contributed by atoms with Crippen LogP contribution in [0.15, 0.2) is 0 Å². The van der Waals surface area contributed by atoms with E-state index in [1.165, 1.54) is 23.2 Å². The molecule has 0 aromatic heterocycles. The van der Waals surface area contributed by atoms with Crippen molar-refractivity contribution in [1.29, 1.82) is 0 Å². The van der Waals surface area contributed by atoms with Crippen LogP contribution in [-0.2, 0) is 9.47 Å². The fourth-order valence-corrected chi connectivity index (χ4v) is 32.4. The van der Waals surface area contributed by atoms with Crippen molar-refractivity contribution in [2.75, 3.05) is 24.7 Å². The standard InChI is InChI=1S/C10H18O2S2Se2/c1-2-15-8-16(3-1,13-6-9-4-11-9)14-7-10-5-12-10/h9-10H,1-8H2. The van der Waals surface area contributed by atoms with Crippen LogP contribution in [0, 0.1) is 0 Å². The van der Waals surface area contributed by atoms with Crippen molar-refractivity contribution in [2.24, 2.45) is 0 Å². The second-order valence-corrected chi connectivity index (χ2v) is 24.9. The summed E-state index contributed by atoms with van der Waals surface area (Å²) >= 11 is 0.951. The molecule has 3 aliphatic heterocycles. The zero-order valence-corrected chi connectivity index (χ0v) is 14.3. The first-order valence-corrected chi connectivity index (χ1v) is 16.6. The molecule has 3 rings (SSSR count). The molecule has 3 saturated heterocycles. The number of rotatable bonds is 6. The molecule has 0 bridgehead atoms. The van der Waals surface area contributed by atoms with Crippen molar-refractivity contribution in [3.8, 4) is 0 Å². The molecule has 3 heterocycles. The Labute approximate surface area is 113 Å². The van der Waals surface area contributed by atoms with Gasteiger partial charge in [0.1, 0.15) is 0 Å². The molecule has 2 nitrogen and oxygen atoms in total. The van der Waals surface area contributed by atoms with E-state index in [-0.39, 0.29) is 0 Å². The van der Waals surface area contributed by atoms with E-state index < -0.39 is 10.6 Å². The molecule has 2 atom stereocenters. The molecule has 3 fully saturated rings. The van der Waals surface area contributed by atoms with Gasteiger partial charge in [-0.2, -0.15) is 0 Å². The third-order valence-corrected chi connectivity index (χ3v) is 31.6. The Bertz CT molecular complexity index is 223. The topological polar surface area (TPSA) is 25.1 Å². The molecule has 16 heavy (non-hydrogen) atoms. The molecular formula is C10H18O2S2Se2. The van der Waals surface area contributed by atoms with Crippen LogP contribution >= 0.6 is 20.4 Å². The normalized spacial score (nSPS) is 46.0. The molecule has 0 radical (unpaired) electrons. The van der Waals surface area contributed by atoms with Crippen LogP contribution in [-0.4, -0.2) is 62.5 Å². The molecule has 0 aromatic rings. The molecular weight excluding hydrogens is 374 g/mol. The Morgan fingerprint density at radius 1 is 1.12 bits per heavy atom. The fraction of sp³-hybridized carbons (Fsp3) is 1.00. The van der Waals surface area contributed by atoms with E-state index in [1.807, 2.05) is 0 Å². The maximum absolute atomic E-state index is 5.36. The van der Waals surface area contributed by atoms with Gasteiger partial charge in [-0.15, -0.1) is 0 Å². The SMILES string of the molecule is C1C[Se]C[Se](SCC2CO2)(SCC2CO2)C1. The minimum absolute atomic E-state index is 0.617. The van der Waals surface area contributed by atoms with E-state index in [1.54, 1.807) is 9.54 Å². The van der Waals surface area contributed by atoms with Crippen LogP contribution in [0.25, 0.3) is 0 Å². The van der Waals surface area contributed by atoms with Crippen LogP contribution in [0.5, 0.6) is 0 Å². The first-order valence-electron chi connectivity index (χ1n) is 5.75. The Morgan fingerprint density at radius 3 is 2.19 bits per heavy atom. The quantitative estimate of drug-likeness (QED) is 0.511. The summed E-state index contributed by atoms with van der Waals surface area (Å²) in [5.41, 5.74) is 0. The van der Waals surface area contributed by atoms with Gasteiger partial charge < -0.3 is 0 Å². The molecule has 94 valence electrons. The Morgan fingerprint density at radius 2 is 1.75 bits per heavy atom. The van der Waals surface area contributed by atoms with Gasteiger partial charge in [-0.05, 0) is 0 Å². The third kappa shape index (κ3) is 3.83. The molecule has 0 spiro atoms. The van der Waals surface area contributed by atoms with Crippen molar-refractivity contribution in [2.45, 2.75) is 33.5 Å². The van der Waals surface area contributed by atoms with E-state index in [0.29, 0.717) is 12.2 Å². The number of ether oxygens (including phenoxy) is 2. The van der Waals surface area contributed by atoms with Gasteiger partial charge in [0, 0.05) is 0 Å². The number of epoxide rings is 2. The Balaban J connectivity index is 1.50. The van der Waals surface area contributed by atoms with Crippen molar-refractivity contribution >= 4 is 45.9 Å². The van der Waals surface area contributed by atoms with E-state index in [4.69, 9.17) is 9.47 Å². The van der Waals surface area contributed by atoms with Gasteiger partial charge in [0.05, 0.1) is 0 Å². The summed E-state index contributed by atoms with van der Waals surface area (Å²) in [6.45, 7) is 2.06. The van der Waals surface area contributed by atoms with E-state index in [2.05, 4.69) is 20.4 Å². The minimum atomic E-state index is -1.22. The second kappa shape index (κ2) is 5.75. The molecule has 2 unspecified atom stereocenters. The van der Waals surface area contributed by atoms with E-state index in [9.17, 15) is 0 Å². The first-order chi connectivity index (χ1) is 7.86. The summed E-state index contributed by atoms with van der Waals surface area (Å²) in [5.74, 6) is 2.57. The number of hydrogen-bond donors (Lipinski definition) is 0. The van der Waals surface area contributed by atoms with Crippen molar-refractivity contribution in [3.63, 3.8) is 0 Å². The van der Waals surface area contributed by atoms with Gasteiger partial charge in [0.25, 0.3) is 0 Å². The Kier molecular flexibility index (Phi) is 4.56. The predicted molar refractivity (Wildman–Crippen MR) is 74.9 cm³/mol.